The number of piperazine rings is 1. The minimum absolute atomic E-state index is 0.292. The van der Waals surface area contributed by atoms with Crippen molar-refractivity contribution >= 4 is 39.6 Å². The maximum Gasteiger partial charge on any atom is 0.376 e. The molecule has 2 fully saturated rings. The number of halogens is 2. The second kappa shape index (κ2) is 6.12. The van der Waals surface area contributed by atoms with E-state index in [1.54, 1.807) is 6.20 Å². The molecule has 4 heterocycles. The van der Waals surface area contributed by atoms with Crippen LogP contribution in [0.1, 0.15) is 24.0 Å². The molecule has 5 rings (SSSR count). The van der Waals surface area contributed by atoms with Crippen LogP contribution >= 0.6 is 15.9 Å². The van der Waals surface area contributed by atoms with Crippen LogP contribution < -0.4 is 4.90 Å². The molecule has 1 N–H and O–H groups in total. The Morgan fingerprint density at radius 3 is 2.65 bits per heavy atom. The van der Waals surface area contributed by atoms with Gasteiger partial charge in [-0.05, 0) is 41.2 Å². The van der Waals surface area contributed by atoms with E-state index in [0.29, 0.717) is 35.3 Å². The van der Waals surface area contributed by atoms with E-state index in [1.165, 1.54) is 0 Å². The summed E-state index contributed by atoms with van der Waals surface area (Å²) in [5.74, 6) is -0.367. The van der Waals surface area contributed by atoms with Crippen LogP contribution in [-0.4, -0.2) is 52.3 Å². The molecule has 0 amide bonds. The van der Waals surface area contributed by atoms with E-state index >= 15 is 0 Å². The molecule has 2 saturated heterocycles. The number of nitrogens with zero attached hydrogens (tertiary/aromatic N) is 4. The second-order valence-electron chi connectivity index (χ2n) is 7.41. The minimum atomic E-state index is -0.446. The van der Waals surface area contributed by atoms with Gasteiger partial charge in [-0.2, -0.15) is 5.10 Å². The van der Waals surface area contributed by atoms with Crippen LogP contribution in [0.5, 0.6) is 0 Å². The standard InChI is InChI=1S/C17H19BBrFN4O2/c1-18(25)23-5-9-2-3-10(6-23)24(9)13-4-21-22-17-14(13)11-7-26-8-12(11)15(19)16(17)20/h4,9-10,25H,2-3,5-8H2,1H3. The average molecular weight is 421 g/mol. The minimum Gasteiger partial charge on any atom is -0.437 e. The van der Waals surface area contributed by atoms with E-state index in [4.69, 9.17) is 4.74 Å². The lowest BCUT2D eigenvalue weighted by Gasteiger charge is -2.43. The van der Waals surface area contributed by atoms with Crippen molar-refractivity contribution < 1.29 is 14.2 Å². The Morgan fingerprint density at radius 2 is 1.96 bits per heavy atom. The van der Waals surface area contributed by atoms with E-state index < -0.39 is 7.05 Å². The highest BCUT2D eigenvalue weighted by Crippen LogP contribution is 2.43. The Kier molecular flexibility index (Phi) is 3.97. The highest BCUT2D eigenvalue weighted by molar-refractivity contribution is 9.10. The summed E-state index contributed by atoms with van der Waals surface area (Å²) in [4.78, 5) is 4.49. The van der Waals surface area contributed by atoms with Crippen molar-refractivity contribution in [2.75, 3.05) is 18.0 Å². The lowest BCUT2D eigenvalue weighted by molar-refractivity contribution is 0.134. The van der Waals surface area contributed by atoms with Crippen molar-refractivity contribution in [3.8, 4) is 0 Å². The van der Waals surface area contributed by atoms with Gasteiger partial charge in [0.25, 0.3) is 0 Å². The van der Waals surface area contributed by atoms with Gasteiger partial charge in [0.05, 0.1) is 29.6 Å². The Morgan fingerprint density at radius 1 is 1.27 bits per heavy atom. The molecule has 9 heteroatoms. The second-order valence-corrected chi connectivity index (χ2v) is 8.20. The molecule has 0 spiro atoms. The number of anilines is 1. The first kappa shape index (κ1) is 16.9. The molecule has 6 nitrogen and oxygen atoms in total. The molecular weight excluding hydrogens is 402 g/mol. The van der Waals surface area contributed by atoms with Gasteiger partial charge >= 0.3 is 7.05 Å². The summed E-state index contributed by atoms with van der Waals surface area (Å²) in [6, 6.07) is 0.584. The monoisotopic (exact) mass is 420 g/mol. The average Bonchev–Trinajstić information content (AvgIpc) is 3.21. The lowest BCUT2D eigenvalue weighted by atomic mass is 9.83. The predicted octanol–water partition coefficient (Wildman–Crippen LogP) is 2.32. The fourth-order valence-electron chi connectivity index (χ4n) is 4.74. The van der Waals surface area contributed by atoms with Gasteiger partial charge in [-0.1, -0.05) is 0 Å². The smallest absolute Gasteiger partial charge is 0.376 e. The fraction of sp³-hybridized carbons (Fsp3) is 0.529. The van der Waals surface area contributed by atoms with Gasteiger partial charge in [-0.25, -0.2) is 4.39 Å². The third-order valence-corrected chi connectivity index (χ3v) is 6.80. The Hall–Kier alpha value is -1.29. The van der Waals surface area contributed by atoms with Gasteiger partial charge in [0, 0.05) is 36.1 Å². The number of ether oxygens (including phenoxy) is 1. The molecule has 2 aromatic rings. The Labute approximate surface area is 159 Å². The third-order valence-electron chi connectivity index (χ3n) is 5.97. The maximum atomic E-state index is 14.9. The van der Waals surface area contributed by atoms with Crippen molar-refractivity contribution in [3.63, 3.8) is 0 Å². The first-order chi connectivity index (χ1) is 12.6. The van der Waals surface area contributed by atoms with Crippen molar-refractivity contribution in [3.05, 3.63) is 27.6 Å². The van der Waals surface area contributed by atoms with Gasteiger partial charge < -0.3 is 19.5 Å². The molecular formula is C17H19BBrFN4O2. The molecule has 3 aliphatic rings. The van der Waals surface area contributed by atoms with Crippen LogP contribution in [0.2, 0.25) is 6.82 Å². The number of hydrogen-bond donors (Lipinski definition) is 1. The van der Waals surface area contributed by atoms with E-state index in [0.717, 1.165) is 48.1 Å². The highest BCUT2D eigenvalue weighted by Gasteiger charge is 2.43. The summed E-state index contributed by atoms with van der Waals surface area (Å²) >= 11 is 3.36. The summed E-state index contributed by atoms with van der Waals surface area (Å²) in [7, 11) is -0.446. The zero-order valence-electron chi connectivity index (χ0n) is 14.5. The number of rotatable bonds is 2. The first-order valence-electron chi connectivity index (χ1n) is 8.98. The predicted molar refractivity (Wildman–Crippen MR) is 100 cm³/mol. The van der Waals surface area contributed by atoms with Gasteiger partial charge in [0.15, 0.2) is 5.82 Å². The lowest BCUT2D eigenvalue weighted by Crippen LogP contribution is -2.57. The topological polar surface area (TPSA) is 61.7 Å². The molecule has 3 aliphatic heterocycles. The first-order valence-corrected chi connectivity index (χ1v) is 9.78. The van der Waals surface area contributed by atoms with Crippen LogP contribution in [0.15, 0.2) is 10.7 Å². The zero-order chi connectivity index (χ0) is 18.0. The Bertz CT molecular complexity index is 885. The van der Waals surface area contributed by atoms with Gasteiger partial charge in [-0.15, -0.1) is 5.10 Å². The van der Waals surface area contributed by atoms with Crippen molar-refractivity contribution in [1.82, 2.24) is 15.0 Å². The number of aromatic nitrogens is 2. The van der Waals surface area contributed by atoms with Gasteiger partial charge in [-0.3, -0.25) is 0 Å². The summed E-state index contributed by atoms with van der Waals surface area (Å²) < 4.78 is 21.0. The summed E-state index contributed by atoms with van der Waals surface area (Å²) in [5, 5.41) is 19.0. The summed E-state index contributed by atoms with van der Waals surface area (Å²) in [5.41, 5.74) is 3.13. The number of hydrogen-bond acceptors (Lipinski definition) is 6. The van der Waals surface area contributed by atoms with Crippen LogP contribution in [0.25, 0.3) is 10.9 Å². The van der Waals surface area contributed by atoms with E-state index in [2.05, 4.69) is 35.8 Å². The summed E-state index contributed by atoms with van der Waals surface area (Å²) in [6.45, 7) is 4.29. The molecule has 2 unspecified atom stereocenters. The fourth-order valence-corrected chi connectivity index (χ4v) is 5.28. The molecule has 1 aromatic carbocycles. The van der Waals surface area contributed by atoms with E-state index in [9.17, 15) is 9.41 Å². The van der Waals surface area contributed by atoms with Gasteiger partial charge in [0.1, 0.15) is 5.52 Å². The maximum absolute atomic E-state index is 14.9. The van der Waals surface area contributed by atoms with Crippen molar-refractivity contribution in [1.29, 1.82) is 0 Å². The summed E-state index contributed by atoms with van der Waals surface area (Å²) in [6.07, 6.45) is 3.89. The normalized spacial score (nSPS) is 25.2. The molecule has 2 bridgehead atoms. The van der Waals surface area contributed by atoms with Crippen molar-refractivity contribution in [2.45, 2.75) is 45.0 Å². The Balaban J connectivity index is 1.67. The van der Waals surface area contributed by atoms with Crippen LogP contribution in [0.3, 0.4) is 0 Å². The third kappa shape index (κ3) is 2.34. The largest absolute Gasteiger partial charge is 0.437 e. The molecule has 0 radical (unpaired) electrons. The van der Waals surface area contributed by atoms with E-state index in [-0.39, 0.29) is 5.82 Å². The molecule has 0 aliphatic carbocycles. The molecule has 136 valence electrons. The van der Waals surface area contributed by atoms with Crippen LogP contribution in [0, 0.1) is 5.82 Å². The highest BCUT2D eigenvalue weighted by atomic mass is 79.9. The molecule has 0 saturated carbocycles. The van der Waals surface area contributed by atoms with Crippen LogP contribution in [0.4, 0.5) is 10.1 Å². The molecule has 2 atom stereocenters. The quantitative estimate of drug-likeness (QED) is 0.752. The van der Waals surface area contributed by atoms with Crippen molar-refractivity contribution in [2.24, 2.45) is 0 Å². The van der Waals surface area contributed by atoms with E-state index in [1.807, 2.05) is 6.82 Å². The van der Waals surface area contributed by atoms with Gasteiger partial charge in [0.2, 0.25) is 0 Å². The molecule has 1 aromatic heterocycles. The van der Waals surface area contributed by atoms with Crippen LogP contribution in [-0.2, 0) is 18.0 Å². The number of benzene rings is 1. The SMILES string of the molecule is CB(O)N1CC2CCC(C1)N2c1cnnc2c(F)c(Br)c3c(c12)COC3. The molecule has 26 heavy (non-hydrogen) atoms. The zero-order valence-corrected chi connectivity index (χ0v) is 16.0. The number of fused-ring (bicyclic) bond motifs is 5.